The minimum absolute atomic E-state index is 0.0155. The molecule has 0 bridgehead atoms. The van der Waals surface area contributed by atoms with Crippen molar-refractivity contribution in [3.05, 3.63) is 68.7 Å². The number of hydrogen-bond acceptors (Lipinski definition) is 5. The standard InChI is InChI=1S/C18H15BrF2N4O2S/c1-26-15-6-5-11(9-22-25-17(16(20)21)23-24-18(25)28)7-12(15)10-27-14-4-2-3-13(19)8-14/h2-9,16H,10H2,1H3,(H,24,28)/b22-9+. The maximum Gasteiger partial charge on any atom is 0.299 e. The summed E-state index contributed by atoms with van der Waals surface area (Å²) in [5.41, 5.74) is 1.44. The third kappa shape index (κ3) is 4.82. The van der Waals surface area contributed by atoms with E-state index in [9.17, 15) is 8.78 Å². The van der Waals surface area contributed by atoms with Crippen molar-refractivity contribution in [3.63, 3.8) is 0 Å². The average molecular weight is 469 g/mol. The van der Waals surface area contributed by atoms with E-state index in [-0.39, 0.29) is 11.4 Å². The number of H-pyrrole nitrogens is 1. The van der Waals surface area contributed by atoms with E-state index in [0.29, 0.717) is 17.1 Å². The van der Waals surface area contributed by atoms with Gasteiger partial charge in [0.05, 0.1) is 13.3 Å². The van der Waals surface area contributed by atoms with Crippen LogP contribution >= 0.6 is 28.1 Å². The quantitative estimate of drug-likeness (QED) is 0.386. The van der Waals surface area contributed by atoms with Gasteiger partial charge in [0.1, 0.15) is 18.1 Å². The Morgan fingerprint density at radius 2 is 2.14 bits per heavy atom. The van der Waals surface area contributed by atoms with E-state index in [4.69, 9.17) is 21.7 Å². The van der Waals surface area contributed by atoms with Crippen molar-refractivity contribution in [3.8, 4) is 11.5 Å². The van der Waals surface area contributed by atoms with Crippen molar-refractivity contribution >= 4 is 34.4 Å². The third-order valence-electron chi connectivity index (χ3n) is 3.69. The number of alkyl halides is 2. The van der Waals surface area contributed by atoms with Crippen LogP contribution in [0.2, 0.25) is 0 Å². The molecule has 1 aromatic heterocycles. The molecule has 0 aliphatic heterocycles. The van der Waals surface area contributed by atoms with Gasteiger partial charge in [0.25, 0.3) is 6.43 Å². The molecule has 10 heteroatoms. The van der Waals surface area contributed by atoms with Gasteiger partial charge in [-0.2, -0.15) is 14.9 Å². The zero-order valence-corrected chi connectivity index (χ0v) is 17.0. The molecule has 0 saturated carbocycles. The van der Waals surface area contributed by atoms with Gasteiger partial charge in [-0.3, -0.25) is 0 Å². The topological polar surface area (TPSA) is 64.4 Å². The Morgan fingerprint density at radius 1 is 1.32 bits per heavy atom. The van der Waals surface area contributed by atoms with Crippen LogP contribution in [0.3, 0.4) is 0 Å². The first-order valence-electron chi connectivity index (χ1n) is 8.03. The molecule has 3 rings (SSSR count). The summed E-state index contributed by atoms with van der Waals surface area (Å²) >= 11 is 8.33. The summed E-state index contributed by atoms with van der Waals surface area (Å²) in [5.74, 6) is 0.787. The van der Waals surface area contributed by atoms with Crippen molar-refractivity contribution in [2.24, 2.45) is 5.10 Å². The lowest BCUT2D eigenvalue weighted by molar-refractivity contribution is 0.136. The normalized spacial score (nSPS) is 11.3. The van der Waals surface area contributed by atoms with E-state index in [2.05, 4.69) is 31.2 Å². The molecular weight excluding hydrogens is 454 g/mol. The van der Waals surface area contributed by atoms with E-state index in [1.54, 1.807) is 25.3 Å². The molecule has 6 nitrogen and oxygen atoms in total. The summed E-state index contributed by atoms with van der Waals surface area (Å²) in [7, 11) is 1.56. The SMILES string of the molecule is COc1ccc(/C=N/n2c(C(F)F)n[nH]c2=S)cc1COc1cccc(Br)c1. The number of methoxy groups -OCH3 is 1. The Hall–Kier alpha value is -2.59. The molecule has 2 aromatic carbocycles. The second-order valence-corrected chi connectivity index (χ2v) is 6.86. The molecule has 28 heavy (non-hydrogen) atoms. The van der Waals surface area contributed by atoms with Gasteiger partial charge in [0.2, 0.25) is 10.6 Å². The van der Waals surface area contributed by atoms with Gasteiger partial charge in [-0.1, -0.05) is 22.0 Å². The van der Waals surface area contributed by atoms with E-state index in [0.717, 1.165) is 14.7 Å². The highest BCUT2D eigenvalue weighted by molar-refractivity contribution is 9.10. The van der Waals surface area contributed by atoms with Crippen molar-refractivity contribution in [2.75, 3.05) is 7.11 Å². The van der Waals surface area contributed by atoms with Gasteiger partial charge in [0.15, 0.2) is 0 Å². The fourth-order valence-electron chi connectivity index (χ4n) is 2.39. The first-order valence-corrected chi connectivity index (χ1v) is 9.23. The van der Waals surface area contributed by atoms with Crippen LogP contribution in [-0.4, -0.2) is 28.2 Å². The Balaban J connectivity index is 1.83. The van der Waals surface area contributed by atoms with Crippen LogP contribution < -0.4 is 9.47 Å². The number of nitrogens with zero attached hydrogens (tertiary/aromatic N) is 3. The predicted molar refractivity (Wildman–Crippen MR) is 107 cm³/mol. The summed E-state index contributed by atoms with van der Waals surface area (Å²) in [6.07, 6.45) is -1.38. The number of ether oxygens (including phenoxy) is 2. The second kappa shape index (κ2) is 9.07. The van der Waals surface area contributed by atoms with Gasteiger partial charge in [-0.25, -0.2) is 13.9 Å². The van der Waals surface area contributed by atoms with Crippen molar-refractivity contribution in [1.82, 2.24) is 14.9 Å². The molecule has 0 radical (unpaired) electrons. The monoisotopic (exact) mass is 468 g/mol. The highest BCUT2D eigenvalue weighted by Crippen LogP contribution is 2.24. The van der Waals surface area contributed by atoms with Crippen LogP contribution in [0, 0.1) is 4.77 Å². The van der Waals surface area contributed by atoms with Gasteiger partial charge in [-0.05, 0) is 54.2 Å². The number of rotatable bonds is 7. The van der Waals surface area contributed by atoms with E-state index >= 15 is 0 Å². The predicted octanol–water partition coefficient (Wildman–Crippen LogP) is 5.11. The number of aromatic nitrogens is 3. The first kappa shape index (κ1) is 20.2. The number of aromatic amines is 1. The van der Waals surface area contributed by atoms with Gasteiger partial charge >= 0.3 is 0 Å². The van der Waals surface area contributed by atoms with Crippen molar-refractivity contribution in [2.45, 2.75) is 13.0 Å². The Labute approximate surface area is 172 Å². The minimum atomic E-state index is -2.80. The van der Waals surface area contributed by atoms with Crippen LogP contribution in [0.1, 0.15) is 23.4 Å². The lowest BCUT2D eigenvalue weighted by Gasteiger charge is -2.11. The van der Waals surface area contributed by atoms with Crippen molar-refractivity contribution < 1.29 is 18.3 Å². The largest absolute Gasteiger partial charge is 0.496 e. The second-order valence-electron chi connectivity index (χ2n) is 5.56. The maximum atomic E-state index is 13.0. The summed E-state index contributed by atoms with van der Waals surface area (Å²) in [5, 5.41) is 9.80. The molecule has 0 saturated heterocycles. The molecular formula is C18H15BrF2N4O2S. The minimum Gasteiger partial charge on any atom is -0.496 e. The van der Waals surface area contributed by atoms with Crippen LogP contribution in [0.15, 0.2) is 52.0 Å². The highest BCUT2D eigenvalue weighted by Gasteiger charge is 2.16. The van der Waals surface area contributed by atoms with Gasteiger partial charge in [-0.15, -0.1) is 0 Å². The first-order chi connectivity index (χ1) is 13.5. The molecule has 0 unspecified atom stereocenters. The maximum absolute atomic E-state index is 13.0. The van der Waals surface area contributed by atoms with E-state index in [1.165, 1.54) is 6.21 Å². The summed E-state index contributed by atoms with van der Waals surface area (Å²) in [6, 6.07) is 12.8. The third-order valence-corrected chi connectivity index (χ3v) is 4.45. The molecule has 1 heterocycles. The zero-order valence-electron chi connectivity index (χ0n) is 14.6. The molecule has 0 amide bonds. The number of hydrogen-bond donors (Lipinski definition) is 1. The Kier molecular flexibility index (Phi) is 6.53. The molecule has 0 aliphatic rings. The van der Waals surface area contributed by atoms with E-state index < -0.39 is 12.2 Å². The molecule has 1 N–H and O–H groups in total. The van der Waals surface area contributed by atoms with Crippen LogP contribution in [0.5, 0.6) is 11.5 Å². The number of nitrogens with one attached hydrogen (secondary N) is 1. The molecule has 3 aromatic rings. The number of benzene rings is 2. The Bertz CT molecular complexity index is 1050. The number of halogens is 3. The molecule has 146 valence electrons. The summed E-state index contributed by atoms with van der Waals surface area (Å²) in [6.45, 7) is 0.259. The fourth-order valence-corrected chi connectivity index (χ4v) is 2.96. The fraction of sp³-hybridized carbons (Fsp3) is 0.167. The smallest absolute Gasteiger partial charge is 0.299 e. The van der Waals surface area contributed by atoms with Crippen LogP contribution in [0.25, 0.3) is 0 Å². The average Bonchev–Trinajstić information content (AvgIpc) is 3.05. The summed E-state index contributed by atoms with van der Waals surface area (Å²) in [4.78, 5) is 0. The molecule has 0 fully saturated rings. The zero-order chi connectivity index (χ0) is 20.1. The van der Waals surface area contributed by atoms with Gasteiger partial charge in [0, 0.05) is 10.0 Å². The van der Waals surface area contributed by atoms with E-state index in [1.807, 2.05) is 24.3 Å². The summed E-state index contributed by atoms with van der Waals surface area (Å²) < 4.78 is 38.9. The molecule has 0 atom stereocenters. The van der Waals surface area contributed by atoms with Crippen LogP contribution in [-0.2, 0) is 6.61 Å². The highest BCUT2D eigenvalue weighted by atomic mass is 79.9. The molecule has 0 aliphatic carbocycles. The van der Waals surface area contributed by atoms with Gasteiger partial charge < -0.3 is 9.47 Å². The molecule has 0 spiro atoms. The lowest BCUT2D eigenvalue weighted by Crippen LogP contribution is -2.01. The van der Waals surface area contributed by atoms with Crippen LogP contribution in [0.4, 0.5) is 8.78 Å². The Morgan fingerprint density at radius 3 is 2.86 bits per heavy atom. The lowest BCUT2D eigenvalue weighted by atomic mass is 10.1. The van der Waals surface area contributed by atoms with Crippen molar-refractivity contribution in [1.29, 1.82) is 0 Å².